The van der Waals surface area contributed by atoms with Gasteiger partial charge in [-0.3, -0.25) is 4.79 Å². The molecule has 4 rings (SSSR count). The number of carbonyl (C=O) groups is 2. The lowest BCUT2D eigenvalue weighted by Crippen LogP contribution is -2.24. The zero-order valence-electron chi connectivity index (χ0n) is 16.1. The molecule has 3 N–H and O–H groups in total. The zero-order chi connectivity index (χ0) is 22.4. The second-order valence-corrected chi connectivity index (χ2v) is 6.86. The molecule has 3 aromatic rings. The van der Waals surface area contributed by atoms with Gasteiger partial charge < -0.3 is 20.3 Å². The van der Waals surface area contributed by atoms with Crippen molar-refractivity contribution in [1.29, 1.82) is 0 Å². The van der Waals surface area contributed by atoms with Crippen molar-refractivity contribution in [1.82, 2.24) is 5.32 Å². The summed E-state index contributed by atoms with van der Waals surface area (Å²) in [6.45, 7) is 3.59. The zero-order valence-corrected chi connectivity index (χ0v) is 16.1. The van der Waals surface area contributed by atoms with Crippen LogP contribution in [0.1, 0.15) is 31.8 Å². The Balaban J connectivity index is 2.20. The van der Waals surface area contributed by atoms with Crippen molar-refractivity contribution in [2.75, 3.05) is 7.05 Å². The summed E-state index contributed by atoms with van der Waals surface area (Å²) in [5.74, 6) is -3.91. The van der Waals surface area contributed by atoms with Crippen LogP contribution in [-0.2, 0) is 0 Å². The normalized spacial score (nSPS) is 11.9. The van der Waals surface area contributed by atoms with E-state index in [0.717, 1.165) is 18.2 Å². The number of phenolic OH excluding ortho intramolecular Hbond substituents is 1. The average Bonchev–Trinajstić information content (AvgIpc) is 2.73. The van der Waals surface area contributed by atoms with Crippen LogP contribution in [0.4, 0.5) is 8.78 Å². The van der Waals surface area contributed by atoms with Crippen LogP contribution in [0.15, 0.2) is 42.5 Å². The van der Waals surface area contributed by atoms with E-state index in [1.165, 1.54) is 31.3 Å². The number of aromatic hydroxyl groups is 1. The van der Waals surface area contributed by atoms with E-state index in [4.69, 9.17) is 4.74 Å². The molecule has 0 aromatic heterocycles. The van der Waals surface area contributed by atoms with Crippen LogP contribution in [0, 0.1) is 11.6 Å². The van der Waals surface area contributed by atoms with Gasteiger partial charge in [0.25, 0.3) is 5.91 Å². The number of carbonyl (C=O) groups excluding carboxylic acids is 1. The van der Waals surface area contributed by atoms with Crippen LogP contribution in [0.3, 0.4) is 0 Å². The molecule has 1 aliphatic rings. The molecule has 0 saturated heterocycles. The number of phenols is 1. The lowest BCUT2D eigenvalue weighted by molar-refractivity contribution is 0.0696. The highest BCUT2D eigenvalue weighted by atomic mass is 19.1. The van der Waals surface area contributed by atoms with Crippen LogP contribution in [0.2, 0.25) is 0 Å². The second-order valence-electron chi connectivity index (χ2n) is 6.86. The standard InChI is InChI=1S/C23H15F2NO5/c1-10-5-19-14(7-16(10)24)21(15-8-17(25)18(27)9-20(15)31-19)13-6-11(22(28)26-2)3-4-12(13)23(29)30/h3-9,27H,1H2,2H3,(H,26,28)(H,29,30). The minimum atomic E-state index is -1.30. The highest BCUT2D eigenvalue weighted by Crippen LogP contribution is 2.40. The van der Waals surface area contributed by atoms with Gasteiger partial charge in [-0.05, 0) is 42.0 Å². The molecule has 8 heteroatoms. The summed E-state index contributed by atoms with van der Waals surface area (Å²) in [7, 11) is 1.42. The summed E-state index contributed by atoms with van der Waals surface area (Å²) in [6, 6.07) is 8.35. The van der Waals surface area contributed by atoms with Crippen molar-refractivity contribution in [3.63, 3.8) is 0 Å². The maximum Gasteiger partial charge on any atom is 0.336 e. The molecular weight excluding hydrogens is 408 g/mol. The Morgan fingerprint density at radius 1 is 1.00 bits per heavy atom. The molecule has 156 valence electrons. The average molecular weight is 423 g/mol. The maximum atomic E-state index is 14.4. The van der Waals surface area contributed by atoms with E-state index in [2.05, 4.69) is 11.9 Å². The van der Waals surface area contributed by atoms with Crippen molar-refractivity contribution in [3.8, 4) is 17.2 Å². The number of nitrogens with one attached hydrogen (secondary N) is 1. The Hall–Kier alpha value is -4.20. The van der Waals surface area contributed by atoms with Gasteiger partial charge in [-0.25, -0.2) is 13.6 Å². The molecule has 1 heterocycles. The first-order valence-electron chi connectivity index (χ1n) is 9.04. The highest BCUT2D eigenvalue weighted by Gasteiger charge is 2.27. The number of halogens is 2. The summed E-state index contributed by atoms with van der Waals surface area (Å²) in [6.07, 6.45) is 0. The van der Waals surface area contributed by atoms with Gasteiger partial charge in [0.2, 0.25) is 0 Å². The first-order valence-corrected chi connectivity index (χ1v) is 9.04. The van der Waals surface area contributed by atoms with Crippen molar-refractivity contribution < 1.29 is 33.3 Å². The minimum absolute atomic E-state index is 0.0328. The third kappa shape index (κ3) is 3.28. The van der Waals surface area contributed by atoms with E-state index in [0.29, 0.717) is 0 Å². The summed E-state index contributed by atoms with van der Waals surface area (Å²) in [4.78, 5) is 24.1. The predicted molar refractivity (Wildman–Crippen MR) is 108 cm³/mol. The summed E-state index contributed by atoms with van der Waals surface area (Å²) in [5, 5.41) is 22.2. The van der Waals surface area contributed by atoms with E-state index in [-0.39, 0.29) is 49.8 Å². The van der Waals surface area contributed by atoms with Crippen LogP contribution >= 0.6 is 0 Å². The Labute approximate surface area is 174 Å². The number of ether oxygens (including phenoxy) is 1. The molecule has 0 radical (unpaired) electrons. The third-order valence-electron chi connectivity index (χ3n) is 4.96. The number of rotatable bonds is 3. The Bertz CT molecular complexity index is 1400. The molecule has 1 amide bonds. The van der Waals surface area contributed by atoms with Crippen LogP contribution in [0.5, 0.6) is 17.2 Å². The predicted octanol–water partition coefficient (Wildman–Crippen LogP) is 2.49. The molecule has 3 aromatic carbocycles. The number of benzene rings is 3. The number of carboxylic acid groups (broad SMARTS) is 1. The second kappa shape index (κ2) is 7.24. The lowest BCUT2D eigenvalue weighted by atomic mass is 9.88. The topological polar surface area (TPSA) is 95.9 Å². The van der Waals surface area contributed by atoms with Gasteiger partial charge in [0, 0.05) is 40.3 Å². The van der Waals surface area contributed by atoms with Gasteiger partial charge in [0.05, 0.1) is 5.56 Å². The van der Waals surface area contributed by atoms with Crippen LogP contribution in [-0.4, -0.2) is 29.1 Å². The molecule has 31 heavy (non-hydrogen) atoms. The molecular formula is C23H15F2NO5. The Kier molecular flexibility index (Phi) is 4.69. The van der Waals surface area contributed by atoms with E-state index < -0.39 is 29.3 Å². The van der Waals surface area contributed by atoms with Crippen molar-refractivity contribution in [2.24, 2.45) is 0 Å². The van der Waals surface area contributed by atoms with Crippen LogP contribution in [0.25, 0.3) is 12.2 Å². The van der Waals surface area contributed by atoms with Crippen molar-refractivity contribution in [3.05, 3.63) is 86.8 Å². The fourth-order valence-electron chi connectivity index (χ4n) is 3.47. The first kappa shape index (κ1) is 20.1. The van der Waals surface area contributed by atoms with Crippen LogP contribution < -0.4 is 20.5 Å². The SMILES string of the molecule is C=c1cc2c(cc1F)=C(c1cc(C(=O)NC)ccc1C(=O)O)c1cc(F)c(O)cc1O2. The minimum Gasteiger partial charge on any atom is -0.505 e. The molecule has 0 unspecified atom stereocenters. The van der Waals surface area contributed by atoms with E-state index in [1.807, 2.05) is 0 Å². The van der Waals surface area contributed by atoms with E-state index >= 15 is 0 Å². The molecule has 0 atom stereocenters. The van der Waals surface area contributed by atoms with Gasteiger partial charge in [0.15, 0.2) is 11.6 Å². The smallest absolute Gasteiger partial charge is 0.336 e. The molecule has 0 aliphatic carbocycles. The van der Waals surface area contributed by atoms with E-state index in [9.17, 15) is 28.6 Å². The number of hydrogen-bond donors (Lipinski definition) is 3. The van der Waals surface area contributed by atoms with Gasteiger partial charge in [-0.2, -0.15) is 0 Å². The van der Waals surface area contributed by atoms with Gasteiger partial charge in [0.1, 0.15) is 17.3 Å². The fraction of sp³-hybridized carbons (Fsp3) is 0.0435. The number of amides is 1. The van der Waals surface area contributed by atoms with Crippen molar-refractivity contribution >= 4 is 24.0 Å². The molecule has 0 saturated carbocycles. The number of fused-ring (bicyclic) bond motifs is 2. The molecule has 0 bridgehead atoms. The number of carboxylic acids is 1. The third-order valence-corrected chi connectivity index (χ3v) is 4.96. The van der Waals surface area contributed by atoms with Crippen molar-refractivity contribution in [2.45, 2.75) is 0 Å². The van der Waals surface area contributed by atoms with Gasteiger partial charge in [-0.1, -0.05) is 6.58 Å². The van der Waals surface area contributed by atoms with Gasteiger partial charge >= 0.3 is 5.97 Å². The molecule has 0 fully saturated rings. The summed E-state index contributed by atoms with van der Waals surface area (Å²) < 4.78 is 34.4. The number of aromatic carboxylic acids is 1. The number of hydrogen-bond acceptors (Lipinski definition) is 4. The highest BCUT2D eigenvalue weighted by molar-refractivity contribution is 6.02. The van der Waals surface area contributed by atoms with Gasteiger partial charge in [-0.15, -0.1) is 0 Å². The lowest BCUT2D eigenvalue weighted by Gasteiger charge is -2.23. The molecule has 0 spiro atoms. The first-order chi connectivity index (χ1) is 14.7. The molecule has 1 aliphatic heterocycles. The Morgan fingerprint density at radius 3 is 2.42 bits per heavy atom. The summed E-state index contributed by atoms with van der Waals surface area (Å²) in [5.41, 5.74) is 0.251. The fourth-order valence-corrected chi connectivity index (χ4v) is 3.47. The largest absolute Gasteiger partial charge is 0.505 e. The summed E-state index contributed by atoms with van der Waals surface area (Å²) >= 11 is 0. The Morgan fingerprint density at radius 2 is 1.74 bits per heavy atom. The molecule has 6 nitrogen and oxygen atoms in total. The van der Waals surface area contributed by atoms with E-state index in [1.54, 1.807) is 0 Å². The quantitative estimate of drug-likeness (QED) is 0.471. The maximum absolute atomic E-state index is 14.4. The monoisotopic (exact) mass is 423 g/mol.